The molecule has 2 atom stereocenters. The van der Waals surface area contributed by atoms with Crippen LogP contribution in [0, 0.1) is 0 Å². The molecule has 2 aromatic rings. The lowest BCUT2D eigenvalue weighted by atomic mass is 10.0. The van der Waals surface area contributed by atoms with E-state index in [1.54, 1.807) is 14.2 Å². The Morgan fingerprint density at radius 3 is 2.80 bits per heavy atom. The van der Waals surface area contributed by atoms with Crippen molar-refractivity contribution >= 4 is 5.91 Å². The molecule has 1 fully saturated rings. The number of ether oxygens (including phenoxy) is 4. The zero-order valence-corrected chi connectivity index (χ0v) is 17.4. The third-order valence-electron chi connectivity index (χ3n) is 5.60. The monoisotopic (exact) mass is 412 g/mol. The van der Waals surface area contributed by atoms with E-state index >= 15 is 0 Å². The number of likely N-dealkylation sites (tertiary alicyclic amines) is 1. The van der Waals surface area contributed by atoms with Gasteiger partial charge < -0.3 is 24.3 Å². The lowest BCUT2D eigenvalue weighted by Crippen LogP contribution is -2.44. The van der Waals surface area contributed by atoms with Gasteiger partial charge in [-0.05, 0) is 37.6 Å². The second kappa shape index (κ2) is 9.26. The van der Waals surface area contributed by atoms with E-state index in [0.717, 1.165) is 42.2 Å². The zero-order chi connectivity index (χ0) is 20.9. The van der Waals surface area contributed by atoms with Crippen LogP contribution in [-0.4, -0.2) is 57.4 Å². The molecule has 0 bridgehead atoms. The third kappa shape index (κ3) is 4.46. The average molecular weight is 412 g/mol. The van der Waals surface area contributed by atoms with Crippen molar-refractivity contribution in [3.63, 3.8) is 0 Å². The van der Waals surface area contributed by atoms with Crippen LogP contribution < -0.4 is 24.3 Å². The molecule has 2 aromatic carbocycles. The van der Waals surface area contributed by atoms with Crippen LogP contribution in [0.1, 0.15) is 24.4 Å². The number of benzene rings is 2. The summed E-state index contributed by atoms with van der Waals surface area (Å²) >= 11 is 0. The quantitative estimate of drug-likeness (QED) is 0.754. The van der Waals surface area contributed by atoms with Crippen molar-refractivity contribution in [1.82, 2.24) is 10.2 Å². The molecule has 2 aliphatic heterocycles. The molecule has 2 heterocycles. The standard InChI is InChI=1S/C23H28N2O5/c1-27-16-9-10-18(22(12-16)28-2)19-6-5-11-25(19)14-23(26)24-13-17-15-29-20-7-3-4-8-21(20)30-17/h3-4,7-10,12,17,19H,5-6,11,13-15H2,1-2H3,(H,24,26)/t17-,19-/m0/s1. The van der Waals surface area contributed by atoms with Crippen molar-refractivity contribution < 1.29 is 23.7 Å². The molecule has 30 heavy (non-hydrogen) atoms. The molecular formula is C23H28N2O5. The predicted octanol–water partition coefficient (Wildman–Crippen LogP) is 2.80. The normalized spacial score (nSPS) is 20.6. The molecule has 0 spiro atoms. The van der Waals surface area contributed by atoms with Crippen LogP contribution in [0.3, 0.4) is 0 Å². The van der Waals surface area contributed by atoms with Gasteiger partial charge in [-0.3, -0.25) is 9.69 Å². The molecule has 7 heteroatoms. The predicted molar refractivity (Wildman–Crippen MR) is 112 cm³/mol. The Kier molecular flexibility index (Phi) is 6.28. The SMILES string of the molecule is COc1ccc([C@@H]2CCCN2CC(=O)NC[C@H]2COc3ccccc3O2)c(OC)c1. The molecule has 1 amide bonds. The molecule has 0 aromatic heterocycles. The van der Waals surface area contributed by atoms with Crippen LogP contribution in [-0.2, 0) is 4.79 Å². The summed E-state index contributed by atoms with van der Waals surface area (Å²) in [5.41, 5.74) is 1.09. The summed E-state index contributed by atoms with van der Waals surface area (Å²) in [4.78, 5) is 14.8. The first-order valence-electron chi connectivity index (χ1n) is 10.3. The van der Waals surface area contributed by atoms with Gasteiger partial charge in [-0.2, -0.15) is 0 Å². The van der Waals surface area contributed by atoms with Crippen molar-refractivity contribution in [3.05, 3.63) is 48.0 Å². The second-order valence-electron chi connectivity index (χ2n) is 7.54. The zero-order valence-electron chi connectivity index (χ0n) is 17.4. The number of nitrogens with one attached hydrogen (secondary N) is 1. The molecular weight excluding hydrogens is 384 g/mol. The molecule has 4 rings (SSSR count). The first-order valence-corrected chi connectivity index (χ1v) is 10.3. The lowest BCUT2D eigenvalue weighted by Gasteiger charge is -2.28. The minimum absolute atomic E-state index is 0.0168. The first-order chi connectivity index (χ1) is 14.7. The number of rotatable bonds is 7. The number of fused-ring (bicyclic) bond motifs is 1. The fourth-order valence-electron chi connectivity index (χ4n) is 4.09. The number of hydrogen-bond donors (Lipinski definition) is 1. The highest BCUT2D eigenvalue weighted by atomic mass is 16.6. The molecule has 2 aliphatic rings. The van der Waals surface area contributed by atoms with Gasteiger partial charge in [0, 0.05) is 17.7 Å². The highest BCUT2D eigenvalue weighted by Gasteiger charge is 2.30. The summed E-state index contributed by atoms with van der Waals surface area (Å²) in [5, 5.41) is 2.99. The second-order valence-corrected chi connectivity index (χ2v) is 7.54. The number of methoxy groups -OCH3 is 2. The van der Waals surface area contributed by atoms with Crippen molar-refractivity contribution in [2.24, 2.45) is 0 Å². The van der Waals surface area contributed by atoms with Gasteiger partial charge in [0.2, 0.25) is 5.91 Å². The average Bonchev–Trinajstić information content (AvgIpc) is 3.24. The molecule has 1 saturated heterocycles. The van der Waals surface area contributed by atoms with Crippen LogP contribution in [0.2, 0.25) is 0 Å². The Morgan fingerprint density at radius 1 is 1.17 bits per heavy atom. The Bertz CT molecular complexity index is 888. The third-order valence-corrected chi connectivity index (χ3v) is 5.60. The van der Waals surface area contributed by atoms with Crippen LogP contribution in [0.25, 0.3) is 0 Å². The summed E-state index contributed by atoms with van der Waals surface area (Å²) in [6, 6.07) is 13.6. The maximum atomic E-state index is 12.6. The van der Waals surface area contributed by atoms with E-state index in [9.17, 15) is 4.79 Å². The van der Waals surface area contributed by atoms with E-state index in [2.05, 4.69) is 10.2 Å². The Balaban J connectivity index is 1.33. The Morgan fingerprint density at radius 2 is 2.00 bits per heavy atom. The fourth-order valence-corrected chi connectivity index (χ4v) is 4.09. The number of para-hydroxylation sites is 2. The van der Waals surface area contributed by atoms with E-state index in [1.807, 2.05) is 42.5 Å². The minimum Gasteiger partial charge on any atom is -0.497 e. The molecule has 0 saturated carbocycles. The smallest absolute Gasteiger partial charge is 0.234 e. The topological polar surface area (TPSA) is 69.3 Å². The van der Waals surface area contributed by atoms with Crippen LogP contribution in [0.5, 0.6) is 23.0 Å². The Hall–Kier alpha value is -2.93. The number of carbonyl (C=O) groups excluding carboxylic acids is 1. The van der Waals surface area contributed by atoms with Gasteiger partial charge in [-0.15, -0.1) is 0 Å². The highest BCUT2D eigenvalue weighted by Crippen LogP contribution is 2.38. The van der Waals surface area contributed by atoms with E-state index in [0.29, 0.717) is 25.4 Å². The van der Waals surface area contributed by atoms with E-state index in [-0.39, 0.29) is 18.1 Å². The van der Waals surface area contributed by atoms with Gasteiger partial charge in [0.05, 0.1) is 27.3 Å². The van der Waals surface area contributed by atoms with Gasteiger partial charge in [-0.1, -0.05) is 18.2 Å². The summed E-state index contributed by atoms with van der Waals surface area (Å²) in [6.07, 6.45) is 1.84. The number of carbonyl (C=O) groups is 1. The van der Waals surface area contributed by atoms with Crippen LogP contribution in [0.15, 0.2) is 42.5 Å². The van der Waals surface area contributed by atoms with E-state index in [1.165, 1.54) is 0 Å². The minimum atomic E-state index is -0.195. The summed E-state index contributed by atoms with van der Waals surface area (Å²) < 4.78 is 22.5. The molecule has 1 N–H and O–H groups in total. The van der Waals surface area contributed by atoms with Gasteiger partial charge in [0.15, 0.2) is 11.5 Å². The summed E-state index contributed by atoms with van der Waals surface area (Å²) in [7, 11) is 3.30. The van der Waals surface area contributed by atoms with Crippen LogP contribution in [0.4, 0.5) is 0 Å². The van der Waals surface area contributed by atoms with Gasteiger partial charge in [0.1, 0.15) is 24.2 Å². The first kappa shape index (κ1) is 20.3. The van der Waals surface area contributed by atoms with E-state index in [4.69, 9.17) is 18.9 Å². The van der Waals surface area contributed by atoms with Crippen LogP contribution >= 0.6 is 0 Å². The summed E-state index contributed by atoms with van der Waals surface area (Å²) in [5.74, 6) is 2.99. The maximum absolute atomic E-state index is 12.6. The molecule has 7 nitrogen and oxygen atoms in total. The van der Waals surface area contributed by atoms with Crippen molar-refractivity contribution in [2.45, 2.75) is 25.0 Å². The summed E-state index contributed by atoms with van der Waals surface area (Å²) in [6.45, 7) is 2.05. The largest absolute Gasteiger partial charge is 0.497 e. The Labute approximate surface area is 176 Å². The van der Waals surface area contributed by atoms with Gasteiger partial charge >= 0.3 is 0 Å². The number of nitrogens with zero attached hydrogens (tertiary/aromatic N) is 1. The maximum Gasteiger partial charge on any atom is 0.234 e. The molecule has 160 valence electrons. The van der Waals surface area contributed by atoms with Gasteiger partial charge in [0.25, 0.3) is 0 Å². The molecule has 0 unspecified atom stereocenters. The van der Waals surface area contributed by atoms with Crippen molar-refractivity contribution in [2.75, 3.05) is 40.5 Å². The van der Waals surface area contributed by atoms with Crippen molar-refractivity contribution in [3.8, 4) is 23.0 Å². The molecule has 0 radical (unpaired) electrons. The number of amides is 1. The number of hydrogen-bond acceptors (Lipinski definition) is 6. The van der Waals surface area contributed by atoms with E-state index < -0.39 is 0 Å². The van der Waals surface area contributed by atoms with Gasteiger partial charge in [-0.25, -0.2) is 0 Å². The highest BCUT2D eigenvalue weighted by molar-refractivity contribution is 5.78. The lowest BCUT2D eigenvalue weighted by molar-refractivity contribution is -0.123. The fraction of sp³-hybridized carbons (Fsp3) is 0.435. The molecule has 0 aliphatic carbocycles. The van der Waals surface area contributed by atoms with Crippen molar-refractivity contribution in [1.29, 1.82) is 0 Å².